The van der Waals surface area contributed by atoms with E-state index in [4.69, 9.17) is 14.7 Å². The number of hydrogen-bond donors (Lipinski definition) is 1. The lowest BCUT2D eigenvalue weighted by atomic mass is 10.2. The van der Waals surface area contributed by atoms with Gasteiger partial charge in [-0.1, -0.05) is 17.8 Å². The van der Waals surface area contributed by atoms with Crippen molar-refractivity contribution >= 4 is 29.3 Å². The zero-order valence-corrected chi connectivity index (χ0v) is 17.4. The summed E-state index contributed by atoms with van der Waals surface area (Å²) in [5.41, 5.74) is 1.11. The molecular weight excluding hydrogens is 404 g/mol. The Labute approximate surface area is 179 Å². The SMILES string of the molecule is N#Cc1cccc(NC(=O)CSc2nnc(N3CCOCC3)n2CC2CCCO2)c1. The number of thioether (sulfide) groups is 1. The summed E-state index contributed by atoms with van der Waals surface area (Å²) >= 11 is 1.35. The van der Waals surface area contributed by atoms with Crippen molar-refractivity contribution in [3.05, 3.63) is 29.8 Å². The van der Waals surface area contributed by atoms with Gasteiger partial charge in [-0.15, -0.1) is 10.2 Å². The molecule has 2 aromatic rings. The number of morpholine rings is 1. The molecule has 2 aliphatic heterocycles. The molecule has 1 amide bonds. The lowest BCUT2D eigenvalue weighted by molar-refractivity contribution is -0.113. The maximum atomic E-state index is 12.4. The maximum Gasteiger partial charge on any atom is 0.234 e. The molecule has 2 saturated heterocycles. The van der Waals surface area contributed by atoms with Gasteiger partial charge in [0.2, 0.25) is 11.9 Å². The van der Waals surface area contributed by atoms with E-state index in [0.29, 0.717) is 36.2 Å². The number of carbonyl (C=O) groups excluding carboxylic acids is 1. The van der Waals surface area contributed by atoms with E-state index >= 15 is 0 Å². The first-order valence-corrected chi connectivity index (χ1v) is 11.0. The minimum absolute atomic E-state index is 0.141. The Kier molecular flexibility index (Phi) is 6.84. The molecule has 1 N–H and O–H groups in total. The van der Waals surface area contributed by atoms with Gasteiger partial charge in [0, 0.05) is 25.4 Å². The first-order chi connectivity index (χ1) is 14.7. The fourth-order valence-electron chi connectivity index (χ4n) is 3.53. The highest BCUT2D eigenvalue weighted by Crippen LogP contribution is 2.26. The molecule has 10 heteroatoms. The Balaban J connectivity index is 1.43. The fraction of sp³-hybridized carbons (Fsp3) is 0.500. The minimum atomic E-state index is -0.158. The van der Waals surface area contributed by atoms with Gasteiger partial charge in [0.05, 0.1) is 43.2 Å². The van der Waals surface area contributed by atoms with Gasteiger partial charge in [-0.3, -0.25) is 9.36 Å². The monoisotopic (exact) mass is 428 g/mol. The molecule has 1 aromatic heterocycles. The molecule has 0 radical (unpaired) electrons. The summed E-state index contributed by atoms with van der Waals surface area (Å²) in [5.74, 6) is 0.844. The van der Waals surface area contributed by atoms with Gasteiger partial charge in [0.15, 0.2) is 5.16 Å². The van der Waals surface area contributed by atoms with Crippen LogP contribution in [-0.4, -0.2) is 65.4 Å². The molecule has 3 heterocycles. The predicted octanol–water partition coefficient (Wildman–Crippen LogP) is 1.90. The highest BCUT2D eigenvalue weighted by atomic mass is 32.2. The summed E-state index contributed by atoms with van der Waals surface area (Å²) in [4.78, 5) is 14.6. The van der Waals surface area contributed by atoms with Gasteiger partial charge in [0.1, 0.15) is 0 Å². The van der Waals surface area contributed by atoms with Crippen LogP contribution in [0.25, 0.3) is 0 Å². The van der Waals surface area contributed by atoms with Crippen molar-refractivity contribution in [1.29, 1.82) is 5.26 Å². The molecule has 158 valence electrons. The fourth-order valence-corrected chi connectivity index (χ4v) is 4.27. The van der Waals surface area contributed by atoms with E-state index in [2.05, 4.69) is 31.1 Å². The number of aromatic nitrogens is 3. The quantitative estimate of drug-likeness (QED) is 0.667. The Bertz CT molecular complexity index is 916. The van der Waals surface area contributed by atoms with E-state index in [1.54, 1.807) is 24.3 Å². The summed E-state index contributed by atoms with van der Waals surface area (Å²) in [5, 5.41) is 21.3. The number of ether oxygens (including phenoxy) is 2. The maximum absolute atomic E-state index is 12.4. The van der Waals surface area contributed by atoms with E-state index in [0.717, 1.165) is 38.5 Å². The van der Waals surface area contributed by atoms with Crippen molar-refractivity contribution in [3.63, 3.8) is 0 Å². The van der Waals surface area contributed by atoms with Crippen LogP contribution in [0, 0.1) is 11.3 Å². The van der Waals surface area contributed by atoms with E-state index in [9.17, 15) is 4.79 Å². The van der Waals surface area contributed by atoms with Crippen LogP contribution >= 0.6 is 11.8 Å². The van der Waals surface area contributed by atoms with Crippen LogP contribution in [0.1, 0.15) is 18.4 Å². The van der Waals surface area contributed by atoms with E-state index in [1.807, 2.05) is 0 Å². The normalized spacial score (nSPS) is 18.9. The molecular formula is C20H24N6O3S. The number of carbonyl (C=O) groups is 1. The molecule has 2 fully saturated rings. The Hall–Kier alpha value is -2.61. The third kappa shape index (κ3) is 5.11. The van der Waals surface area contributed by atoms with Gasteiger partial charge in [-0.2, -0.15) is 5.26 Å². The van der Waals surface area contributed by atoms with Crippen molar-refractivity contribution in [1.82, 2.24) is 14.8 Å². The molecule has 2 aliphatic rings. The topological polar surface area (TPSA) is 105 Å². The summed E-state index contributed by atoms with van der Waals surface area (Å²) in [6.07, 6.45) is 2.22. The molecule has 4 rings (SSSR count). The summed E-state index contributed by atoms with van der Waals surface area (Å²) < 4.78 is 13.3. The van der Waals surface area contributed by atoms with Gasteiger partial charge in [-0.25, -0.2) is 0 Å². The van der Waals surface area contributed by atoms with E-state index in [1.165, 1.54) is 11.8 Å². The standard InChI is InChI=1S/C20H24N6O3S/c21-12-15-3-1-4-16(11-15)22-18(27)14-30-20-24-23-19(25-6-9-28-10-7-25)26(20)13-17-5-2-8-29-17/h1,3-4,11,17H,2,5-10,13-14H2,(H,22,27). The molecule has 9 nitrogen and oxygen atoms in total. The van der Waals surface area contributed by atoms with Gasteiger partial charge < -0.3 is 19.7 Å². The summed E-state index contributed by atoms with van der Waals surface area (Å²) in [6, 6.07) is 8.93. The number of nitriles is 1. The molecule has 0 spiro atoms. The largest absolute Gasteiger partial charge is 0.378 e. The molecule has 0 bridgehead atoms. The zero-order chi connectivity index (χ0) is 20.8. The lowest BCUT2D eigenvalue weighted by Gasteiger charge is -2.28. The predicted molar refractivity (Wildman–Crippen MR) is 113 cm³/mol. The lowest BCUT2D eigenvalue weighted by Crippen LogP contribution is -2.38. The second kappa shape index (κ2) is 9.93. The third-order valence-corrected chi connectivity index (χ3v) is 5.98. The van der Waals surface area contributed by atoms with Crippen LogP contribution < -0.4 is 10.2 Å². The summed E-state index contributed by atoms with van der Waals surface area (Å²) in [6.45, 7) is 4.33. The Morgan fingerprint density at radius 1 is 1.30 bits per heavy atom. The van der Waals surface area contributed by atoms with Crippen molar-refractivity contribution in [2.45, 2.75) is 30.6 Å². The van der Waals surface area contributed by atoms with Crippen LogP contribution in [-0.2, 0) is 20.8 Å². The van der Waals surface area contributed by atoms with Gasteiger partial charge in [-0.05, 0) is 31.0 Å². The first-order valence-electron chi connectivity index (χ1n) is 10.0. The number of amides is 1. The van der Waals surface area contributed by atoms with Crippen molar-refractivity contribution < 1.29 is 14.3 Å². The van der Waals surface area contributed by atoms with E-state index < -0.39 is 0 Å². The van der Waals surface area contributed by atoms with Crippen molar-refractivity contribution in [2.24, 2.45) is 0 Å². The number of anilines is 2. The van der Waals surface area contributed by atoms with Crippen LogP contribution in [0.3, 0.4) is 0 Å². The number of benzene rings is 1. The van der Waals surface area contributed by atoms with Crippen LogP contribution in [0.4, 0.5) is 11.6 Å². The third-order valence-electron chi connectivity index (χ3n) is 5.01. The van der Waals surface area contributed by atoms with Crippen molar-refractivity contribution in [3.8, 4) is 6.07 Å². The highest BCUT2D eigenvalue weighted by molar-refractivity contribution is 7.99. The molecule has 0 aliphatic carbocycles. The Morgan fingerprint density at radius 3 is 2.93 bits per heavy atom. The minimum Gasteiger partial charge on any atom is -0.378 e. The molecule has 1 unspecified atom stereocenters. The molecule has 1 aromatic carbocycles. The molecule has 30 heavy (non-hydrogen) atoms. The van der Waals surface area contributed by atoms with Gasteiger partial charge >= 0.3 is 0 Å². The average molecular weight is 429 g/mol. The average Bonchev–Trinajstić information content (AvgIpc) is 3.43. The van der Waals surface area contributed by atoms with Crippen LogP contribution in [0.15, 0.2) is 29.4 Å². The molecule has 0 saturated carbocycles. The van der Waals surface area contributed by atoms with E-state index in [-0.39, 0.29) is 17.8 Å². The number of nitrogens with zero attached hydrogens (tertiary/aromatic N) is 5. The molecule has 1 atom stereocenters. The smallest absolute Gasteiger partial charge is 0.234 e. The summed E-state index contributed by atoms with van der Waals surface area (Å²) in [7, 11) is 0. The highest BCUT2D eigenvalue weighted by Gasteiger charge is 2.25. The Morgan fingerprint density at radius 2 is 2.17 bits per heavy atom. The number of nitrogens with one attached hydrogen (secondary N) is 1. The van der Waals surface area contributed by atoms with Crippen LogP contribution in [0.5, 0.6) is 0 Å². The van der Waals surface area contributed by atoms with Gasteiger partial charge in [0.25, 0.3) is 0 Å². The zero-order valence-electron chi connectivity index (χ0n) is 16.6. The van der Waals surface area contributed by atoms with Crippen molar-refractivity contribution in [2.75, 3.05) is 48.9 Å². The number of hydrogen-bond acceptors (Lipinski definition) is 8. The first kappa shape index (κ1) is 20.7. The number of rotatable bonds is 7. The second-order valence-corrected chi connectivity index (χ2v) is 8.10. The van der Waals surface area contributed by atoms with Crippen LogP contribution in [0.2, 0.25) is 0 Å². The second-order valence-electron chi connectivity index (χ2n) is 7.16.